The monoisotopic (exact) mass is 595 g/mol. The van der Waals surface area contributed by atoms with E-state index in [2.05, 4.69) is 20.6 Å². The first-order valence-electron chi connectivity index (χ1n) is 13.4. The highest BCUT2D eigenvalue weighted by atomic mass is 35.5. The van der Waals surface area contributed by atoms with E-state index < -0.39 is 5.82 Å². The maximum atomic E-state index is 14.7. The number of carbonyl (C=O) groups excluding carboxylic acids is 2. The second kappa shape index (κ2) is 12.6. The Hall–Kier alpha value is -4.46. The lowest BCUT2D eigenvalue weighted by Gasteiger charge is -2.35. The third-order valence-corrected chi connectivity index (χ3v) is 7.35. The highest BCUT2D eigenvalue weighted by Gasteiger charge is 2.26. The van der Waals surface area contributed by atoms with E-state index >= 15 is 0 Å². The molecular formula is C28H31ClFN9O3. The molecule has 2 aromatic heterocycles. The first-order chi connectivity index (χ1) is 20.3. The molecule has 0 saturated carbocycles. The maximum absolute atomic E-state index is 14.7. The summed E-state index contributed by atoms with van der Waals surface area (Å²) in [5, 5.41) is 5.91. The van der Waals surface area contributed by atoms with E-state index in [4.69, 9.17) is 27.8 Å². The van der Waals surface area contributed by atoms with Gasteiger partial charge < -0.3 is 30.9 Å². The van der Waals surface area contributed by atoms with Crippen LogP contribution in [0, 0.1) is 12.7 Å². The highest BCUT2D eigenvalue weighted by Crippen LogP contribution is 2.36. The summed E-state index contributed by atoms with van der Waals surface area (Å²) in [5.74, 6) is -0.367. The number of aryl methyl sites for hydroxylation is 1. The molecule has 3 heterocycles. The number of ether oxygens (including phenoxy) is 1. The van der Waals surface area contributed by atoms with Crippen molar-refractivity contribution < 1.29 is 18.7 Å². The maximum Gasteiger partial charge on any atom is 0.317 e. The number of hydrogen-bond donors (Lipinski definition) is 4. The minimum Gasteiger partial charge on any atom is -0.475 e. The third-order valence-electron chi connectivity index (χ3n) is 6.98. The summed E-state index contributed by atoms with van der Waals surface area (Å²) in [6.45, 7) is 4.27. The molecule has 0 unspecified atom stereocenters. The fraction of sp³-hybridized carbons (Fsp3) is 0.286. The molecule has 42 heavy (non-hydrogen) atoms. The number of rotatable bonds is 8. The largest absolute Gasteiger partial charge is 0.475 e. The molecule has 1 saturated heterocycles. The zero-order valence-corrected chi connectivity index (χ0v) is 23.7. The molecule has 220 valence electrons. The van der Waals surface area contributed by atoms with Crippen molar-refractivity contribution in [2.75, 3.05) is 51.3 Å². The van der Waals surface area contributed by atoms with Crippen molar-refractivity contribution in [3.8, 4) is 17.0 Å². The summed E-state index contributed by atoms with van der Waals surface area (Å²) >= 11 is 6.33. The minimum atomic E-state index is -0.707. The van der Waals surface area contributed by atoms with Crippen LogP contribution in [0.3, 0.4) is 0 Å². The number of nitrogens with two attached hydrogens (primary N) is 2. The Morgan fingerprint density at radius 1 is 1.10 bits per heavy atom. The number of amides is 3. The molecule has 4 aromatic rings. The molecule has 1 fully saturated rings. The van der Waals surface area contributed by atoms with Crippen molar-refractivity contribution in [1.29, 1.82) is 0 Å². The van der Waals surface area contributed by atoms with Gasteiger partial charge in [-0.3, -0.25) is 14.9 Å². The number of nitrogens with one attached hydrogen (secondary N) is 2. The van der Waals surface area contributed by atoms with E-state index in [9.17, 15) is 14.0 Å². The van der Waals surface area contributed by atoms with Gasteiger partial charge in [0.25, 0.3) is 5.91 Å². The van der Waals surface area contributed by atoms with Gasteiger partial charge in [0.1, 0.15) is 6.73 Å². The van der Waals surface area contributed by atoms with E-state index in [1.54, 1.807) is 51.0 Å². The van der Waals surface area contributed by atoms with Crippen molar-refractivity contribution in [2.45, 2.75) is 6.92 Å². The van der Waals surface area contributed by atoms with Crippen LogP contribution in [0.4, 0.5) is 20.7 Å². The number of halogens is 2. The summed E-state index contributed by atoms with van der Waals surface area (Å²) < 4.78 is 21.6. The number of carbonyl (C=O) groups is 2. The van der Waals surface area contributed by atoms with Crippen LogP contribution in [0.5, 0.6) is 5.75 Å². The van der Waals surface area contributed by atoms with Crippen LogP contribution in [-0.2, 0) is 0 Å². The number of fused-ring (bicyclic) bond motifs is 1. The summed E-state index contributed by atoms with van der Waals surface area (Å²) in [6, 6.07) is 8.37. The van der Waals surface area contributed by atoms with Gasteiger partial charge in [-0.15, -0.1) is 0 Å². The lowest BCUT2D eigenvalue weighted by Crippen LogP contribution is -2.53. The molecule has 1 aliphatic heterocycles. The Morgan fingerprint density at radius 3 is 2.57 bits per heavy atom. The van der Waals surface area contributed by atoms with E-state index in [-0.39, 0.29) is 29.4 Å². The van der Waals surface area contributed by atoms with E-state index in [0.29, 0.717) is 73.2 Å². The van der Waals surface area contributed by atoms with Gasteiger partial charge in [-0.05, 0) is 42.8 Å². The van der Waals surface area contributed by atoms with Crippen LogP contribution in [-0.4, -0.2) is 82.1 Å². The molecule has 0 radical (unpaired) electrons. The fourth-order valence-electron chi connectivity index (χ4n) is 4.83. The Bertz CT molecular complexity index is 1620. The van der Waals surface area contributed by atoms with Crippen molar-refractivity contribution in [3.05, 3.63) is 70.9 Å². The number of piperazine rings is 1. The number of hydrogen-bond acceptors (Lipinski definition) is 8. The lowest BCUT2D eigenvalue weighted by atomic mass is 10.1. The van der Waals surface area contributed by atoms with Crippen LogP contribution >= 0.6 is 11.6 Å². The lowest BCUT2D eigenvalue weighted by molar-refractivity contribution is 0.0664. The van der Waals surface area contributed by atoms with Crippen LogP contribution in [0.2, 0.25) is 5.02 Å². The first kappa shape index (κ1) is 29.0. The Labute approximate surface area is 246 Å². The van der Waals surface area contributed by atoms with Gasteiger partial charge in [-0.1, -0.05) is 11.6 Å². The second-order valence-electron chi connectivity index (χ2n) is 9.62. The average Bonchev–Trinajstić information content (AvgIpc) is 3.43. The molecule has 1 aliphatic rings. The first-order valence-corrected chi connectivity index (χ1v) is 13.7. The van der Waals surface area contributed by atoms with Crippen molar-refractivity contribution in [3.63, 3.8) is 0 Å². The number of imidazole rings is 1. The minimum absolute atomic E-state index is 0.0330. The van der Waals surface area contributed by atoms with Crippen LogP contribution in [0.1, 0.15) is 15.9 Å². The van der Waals surface area contributed by atoms with Gasteiger partial charge in [0.05, 0.1) is 16.9 Å². The topological polar surface area (TPSA) is 156 Å². The summed E-state index contributed by atoms with van der Waals surface area (Å²) in [4.78, 5) is 37.8. The second-order valence-corrected chi connectivity index (χ2v) is 10.00. The summed E-state index contributed by atoms with van der Waals surface area (Å²) in [6.07, 6.45) is 4.88. The Balaban J connectivity index is 1.31. The fourth-order valence-corrected chi connectivity index (χ4v) is 5.08. The standard InChI is InChI=1S/C28H31ClFN9O3/c1-17-14-18(2-3-19(17)27(40)37-10-12-38(13-11-37)28(41)34-7-6-31)36-25-26-35-15-21(39(26)9-8-33-25)20-4-5-22(42-16-32)24(30)23(20)29/h2-5,8-9,14-15H,6-7,10-13,16,31-32H2,1H3,(H,33,36)(H,34,41). The van der Waals surface area contributed by atoms with Gasteiger partial charge in [0.15, 0.2) is 23.0 Å². The van der Waals surface area contributed by atoms with E-state index in [0.717, 1.165) is 5.56 Å². The summed E-state index contributed by atoms with van der Waals surface area (Å²) in [5.41, 5.74) is 14.4. The summed E-state index contributed by atoms with van der Waals surface area (Å²) in [7, 11) is 0. The Morgan fingerprint density at radius 2 is 1.86 bits per heavy atom. The average molecular weight is 596 g/mol. The smallest absolute Gasteiger partial charge is 0.317 e. The molecule has 0 aliphatic carbocycles. The van der Waals surface area contributed by atoms with E-state index in [1.807, 2.05) is 13.0 Å². The Kier molecular flexibility index (Phi) is 8.71. The number of benzene rings is 2. The highest BCUT2D eigenvalue weighted by molar-refractivity contribution is 6.33. The third kappa shape index (κ3) is 5.79. The zero-order valence-electron chi connectivity index (χ0n) is 22.9. The van der Waals surface area contributed by atoms with Crippen LogP contribution in [0.25, 0.3) is 16.9 Å². The molecule has 6 N–H and O–H groups in total. The van der Waals surface area contributed by atoms with Gasteiger partial charge >= 0.3 is 6.03 Å². The number of anilines is 2. The van der Waals surface area contributed by atoms with Crippen LogP contribution < -0.4 is 26.8 Å². The number of aromatic nitrogens is 3. The molecule has 0 spiro atoms. The molecule has 3 amide bonds. The zero-order chi connectivity index (χ0) is 29.8. The normalized spacial score (nSPS) is 13.4. The molecule has 5 rings (SSSR count). The predicted octanol–water partition coefficient (Wildman–Crippen LogP) is 2.96. The van der Waals surface area contributed by atoms with Gasteiger partial charge in [-0.25, -0.2) is 19.2 Å². The van der Waals surface area contributed by atoms with E-state index in [1.165, 1.54) is 6.07 Å². The van der Waals surface area contributed by atoms with Crippen molar-refractivity contribution >= 4 is 40.7 Å². The van der Waals surface area contributed by atoms with Crippen LogP contribution in [0.15, 0.2) is 48.9 Å². The quantitative estimate of drug-likeness (QED) is 0.227. The molecule has 0 atom stereocenters. The van der Waals surface area contributed by atoms with Crippen molar-refractivity contribution in [1.82, 2.24) is 29.5 Å². The predicted molar refractivity (Wildman–Crippen MR) is 157 cm³/mol. The molecular weight excluding hydrogens is 565 g/mol. The number of nitrogens with zero attached hydrogens (tertiary/aromatic N) is 5. The molecule has 14 heteroatoms. The molecule has 0 bridgehead atoms. The molecule has 2 aromatic carbocycles. The van der Waals surface area contributed by atoms with Gasteiger partial charge in [0, 0.05) is 68.5 Å². The van der Waals surface area contributed by atoms with Gasteiger partial charge in [0.2, 0.25) is 0 Å². The van der Waals surface area contributed by atoms with Gasteiger partial charge in [-0.2, -0.15) is 0 Å². The SMILES string of the molecule is Cc1cc(Nc2nccn3c(-c4ccc(OCN)c(F)c4Cl)cnc23)ccc1C(=O)N1CCN(C(=O)NCCN)CC1. The van der Waals surface area contributed by atoms with Crippen molar-refractivity contribution in [2.24, 2.45) is 11.5 Å². The molecule has 12 nitrogen and oxygen atoms in total. The number of urea groups is 1.